The summed E-state index contributed by atoms with van der Waals surface area (Å²) in [4.78, 5) is 14.7. The number of furan rings is 1. The monoisotopic (exact) mass is 527 g/mol. The van der Waals surface area contributed by atoms with Crippen molar-refractivity contribution in [3.05, 3.63) is 138 Å². The Morgan fingerprint density at radius 1 is 0.512 bits per heavy atom. The summed E-state index contributed by atoms with van der Waals surface area (Å²) < 4.78 is 6.16. The molecule has 0 aliphatic heterocycles. The number of rotatable bonds is 4. The minimum atomic E-state index is 0.676. The Labute approximate surface area is 237 Å². The van der Waals surface area contributed by atoms with Crippen molar-refractivity contribution in [2.24, 2.45) is 0 Å². The Balaban J connectivity index is 1.22. The van der Waals surface area contributed by atoms with Crippen molar-refractivity contribution in [3.63, 3.8) is 0 Å². The van der Waals surface area contributed by atoms with Gasteiger partial charge >= 0.3 is 0 Å². The SMILES string of the molecule is C1=C(c2cccc3oc4ccccc4c23)CCc2cc(-c3nc(-c4ccccc4)nc(-c4ccccc4)n3)ccc21. The van der Waals surface area contributed by atoms with E-state index >= 15 is 0 Å². The predicted molar refractivity (Wildman–Crippen MR) is 166 cm³/mol. The first-order valence-corrected chi connectivity index (χ1v) is 13.9. The number of aromatic nitrogens is 3. The van der Waals surface area contributed by atoms with Crippen LogP contribution in [0.3, 0.4) is 0 Å². The average Bonchev–Trinajstić information content (AvgIpc) is 3.44. The molecule has 1 aliphatic carbocycles. The highest BCUT2D eigenvalue weighted by Gasteiger charge is 2.19. The third-order valence-electron chi connectivity index (χ3n) is 7.84. The fourth-order valence-corrected chi connectivity index (χ4v) is 5.82. The van der Waals surface area contributed by atoms with E-state index in [-0.39, 0.29) is 0 Å². The van der Waals surface area contributed by atoms with E-state index < -0.39 is 0 Å². The first kappa shape index (κ1) is 23.5. The van der Waals surface area contributed by atoms with Crippen molar-refractivity contribution in [1.82, 2.24) is 15.0 Å². The molecule has 194 valence electrons. The third kappa shape index (κ3) is 4.21. The van der Waals surface area contributed by atoms with Crippen LogP contribution in [-0.4, -0.2) is 15.0 Å². The van der Waals surface area contributed by atoms with Crippen molar-refractivity contribution in [1.29, 1.82) is 0 Å². The maximum atomic E-state index is 6.16. The van der Waals surface area contributed by atoms with Crippen LogP contribution >= 0.6 is 0 Å². The van der Waals surface area contributed by atoms with E-state index in [1.165, 1.54) is 33.0 Å². The fraction of sp³-hybridized carbons (Fsp3) is 0.0541. The Morgan fingerprint density at radius 3 is 1.88 bits per heavy atom. The Bertz CT molecular complexity index is 2030. The summed E-state index contributed by atoms with van der Waals surface area (Å²) >= 11 is 0. The molecule has 0 N–H and O–H groups in total. The fourth-order valence-electron chi connectivity index (χ4n) is 5.82. The van der Waals surface area contributed by atoms with Crippen LogP contribution in [-0.2, 0) is 6.42 Å². The molecule has 0 saturated heterocycles. The van der Waals surface area contributed by atoms with E-state index in [1.807, 2.05) is 72.8 Å². The van der Waals surface area contributed by atoms with Crippen molar-refractivity contribution < 1.29 is 4.42 Å². The molecule has 5 aromatic carbocycles. The second-order valence-corrected chi connectivity index (χ2v) is 10.4. The predicted octanol–water partition coefficient (Wildman–Crippen LogP) is 9.26. The lowest BCUT2D eigenvalue weighted by atomic mass is 9.86. The zero-order valence-corrected chi connectivity index (χ0v) is 22.3. The van der Waals surface area contributed by atoms with Gasteiger partial charge in [-0.15, -0.1) is 0 Å². The number of allylic oxidation sites excluding steroid dienone is 1. The van der Waals surface area contributed by atoms with Crippen LogP contribution in [0.5, 0.6) is 0 Å². The third-order valence-corrected chi connectivity index (χ3v) is 7.84. The molecule has 0 amide bonds. The highest BCUT2D eigenvalue weighted by molar-refractivity contribution is 6.11. The molecule has 0 spiro atoms. The van der Waals surface area contributed by atoms with Crippen molar-refractivity contribution in [2.45, 2.75) is 12.8 Å². The van der Waals surface area contributed by atoms with Gasteiger partial charge in [-0.05, 0) is 53.3 Å². The van der Waals surface area contributed by atoms with E-state index in [0.29, 0.717) is 17.5 Å². The number of aryl methyl sites for hydroxylation is 1. The van der Waals surface area contributed by atoms with Gasteiger partial charge in [0.1, 0.15) is 11.2 Å². The summed E-state index contributed by atoms with van der Waals surface area (Å²) in [6.45, 7) is 0. The van der Waals surface area contributed by atoms with E-state index in [2.05, 4.69) is 54.6 Å². The summed E-state index contributed by atoms with van der Waals surface area (Å²) in [5.41, 5.74) is 9.93. The van der Waals surface area contributed by atoms with Gasteiger partial charge in [0, 0.05) is 27.5 Å². The minimum Gasteiger partial charge on any atom is -0.456 e. The van der Waals surface area contributed by atoms with Gasteiger partial charge in [-0.3, -0.25) is 0 Å². The smallest absolute Gasteiger partial charge is 0.164 e. The Morgan fingerprint density at radius 2 is 1.15 bits per heavy atom. The maximum absolute atomic E-state index is 6.16. The van der Waals surface area contributed by atoms with E-state index in [4.69, 9.17) is 19.4 Å². The first-order valence-electron chi connectivity index (χ1n) is 13.9. The lowest BCUT2D eigenvalue weighted by molar-refractivity contribution is 0.669. The van der Waals surface area contributed by atoms with E-state index in [9.17, 15) is 0 Å². The summed E-state index contributed by atoms with van der Waals surface area (Å²) in [7, 11) is 0. The average molecular weight is 528 g/mol. The van der Waals surface area contributed by atoms with Crippen LogP contribution in [0.25, 0.3) is 67.8 Å². The summed E-state index contributed by atoms with van der Waals surface area (Å²) in [6, 6.07) is 41.4. The number of hydrogen-bond donors (Lipinski definition) is 0. The van der Waals surface area contributed by atoms with Crippen LogP contribution < -0.4 is 0 Å². The quantitative estimate of drug-likeness (QED) is 0.229. The maximum Gasteiger partial charge on any atom is 0.164 e. The molecule has 0 atom stereocenters. The molecular formula is C37H25N3O. The summed E-state index contributed by atoms with van der Waals surface area (Å²) in [5.74, 6) is 2.04. The van der Waals surface area contributed by atoms with Crippen LogP contribution in [0.4, 0.5) is 0 Å². The van der Waals surface area contributed by atoms with Gasteiger partial charge in [0.2, 0.25) is 0 Å². The Kier molecular flexibility index (Phi) is 5.56. The zero-order valence-electron chi connectivity index (χ0n) is 22.3. The molecule has 0 bridgehead atoms. The number of benzene rings is 5. The van der Waals surface area contributed by atoms with Gasteiger partial charge in [-0.2, -0.15) is 0 Å². The lowest BCUT2D eigenvalue weighted by Gasteiger charge is -2.18. The molecule has 0 fully saturated rings. The van der Waals surface area contributed by atoms with Crippen LogP contribution in [0.15, 0.2) is 126 Å². The highest BCUT2D eigenvalue weighted by Crippen LogP contribution is 2.39. The molecule has 0 saturated carbocycles. The number of fused-ring (bicyclic) bond motifs is 4. The van der Waals surface area contributed by atoms with Gasteiger partial charge in [0.15, 0.2) is 17.5 Å². The first-order chi connectivity index (χ1) is 20.3. The van der Waals surface area contributed by atoms with Crippen molar-refractivity contribution >= 4 is 33.6 Å². The molecule has 1 aliphatic rings. The normalized spacial score (nSPS) is 12.8. The number of nitrogens with zero attached hydrogens (tertiary/aromatic N) is 3. The second-order valence-electron chi connectivity index (χ2n) is 10.4. The zero-order chi connectivity index (χ0) is 27.2. The molecule has 2 aromatic heterocycles. The van der Waals surface area contributed by atoms with E-state index in [0.717, 1.165) is 40.7 Å². The molecule has 7 aromatic rings. The van der Waals surface area contributed by atoms with Gasteiger partial charge in [0.25, 0.3) is 0 Å². The van der Waals surface area contributed by atoms with Gasteiger partial charge < -0.3 is 4.42 Å². The lowest BCUT2D eigenvalue weighted by Crippen LogP contribution is -2.03. The molecule has 41 heavy (non-hydrogen) atoms. The molecular weight excluding hydrogens is 502 g/mol. The Hall–Kier alpha value is -5.35. The van der Waals surface area contributed by atoms with Crippen LogP contribution in [0.2, 0.25) is 0 Å². The van der Waals surface area contributed by atoms with Crippen molar-refractivity contribution in [2.75, 3.05) is 0 Å². The topological polar surface area (TPSA) is 51.8 Å². The minimum absolute atomic E-state index is 0.676. The summed E-state index contributed by atoms with van der Waals surface area (Å²) in [5, 5.41) is 2.36. The highest BCUT2D eigenvalue weighted by atomic mass is 16.3. The van der Waals surface area contributed by atoms with Crippen LogP contribution in [0, 0.1) is 0 Å². The molecule has 0 radical (unpaired) electrons. The molecule has 4 heteroatoms. The number of para-hydroxylation sites is 1. The van der Waals surface area contributed by atoms with Gasteiger partial charge in [-0.1, -0.05) is 109 Å². The molecule has 8 rings (SSSR count). The molecule has 2 heterocycles. The standard InChI is InChI=1S/C37H25N3O/c1-3-10-24(11-4-1)35-38-36(25-12-5-2-6-13-25)40-37(39-35)29-21-19-26-22-28(20-18-27(26)23-29)30-15-9-17-33-34(30)31-14-7-8-16-32(31)41-33/h1-17,19,21-23H,18,20H2. The number of hydrogen-bond acceptors (Lipinski definition) is 4. The molecule has 0 unspecified atom stereocenters. The van der Waals surface area contributed by atoms with Gasteiger partial charge in [-0.25, -0.2) is 15.0 Å². The second kappa shape index (κ2) is 9.68. The largest absolute Gasteiger partial charge is 0.456 e. The van der Waals surface area contributed by atoms with Crippen molar-refractivity contribution in [3.8, 4) is 34.2 Å². The molecule has 4 nitrogen and oxygen atoms in total. The van der Waals surface area contributed by atoms with Gasteiger partial charge in [0.05, 0.1) is 0 Å². The van der Waals surface area contributed by atoms with Crippen LogP contribution in [0.1, 0.15) is 23.1 Å². The van der Waals surface area contributed by atoms with E-state index in [1.54, 1.807) is 0 Å². The summed E-state index contributed by atoms with van der Waals surface area (Å²) in [6.07, 6.45) is 4.23.